The lowest BCUT2D eigenvalue weighted by molar-refractivity contribution is -0.120. The van der Waals surface area contributed by atoms with Crippen molar-refractivity contribution in [2.75, 3.05) is 33.3 Å². The van der Waals surface area contributed by atoms with Gasteiger partial charge < -0.3 is 19.1 Å². The number of alkyl halides is 1. The van der Waals surface area contributed by atoms with Gasteiger partial charge in [-0.15, -0.1) is 0 Å². The van der Waals surface area contributed by atoms with Gasteiger partial charge in [-0.1, -0.05) is 13.8 Å². The Balaban J connectivity index is 1.74. The van der Waals surface area contributed by atoms with E-state index in [0.29, 0.717) is 31.7 Å². The lowest BCUT2D eigenvalue weighted by Gasteiger charge is -2.36. The van der Waals surface area contributed by atoms with Crippen LogP contribution >= 0.6 is 0 Å². The second-order valence-electron chi connectivity index (χ2n) is 7.29. The van der Waals surface area contributed by atoms with Crippen LogP contribution in [0.4, 0.5) is 4.39 Å². The van der Waals surface area contributed by atoms with Gasteiger partial charge in [0, 0.05) is 45.5 Å². The van der Waals surface area contributed by atoms with Crippen LogP contribution in [0.5, 0.6) is 5.75 Å². The van der Waals surface area contributed by atoms with Crippen LogP contribution in [-0.2, 0) is 11.8 Å². The van der Waals surface area contributed by atoms with Crippen LogP contribution in [0.2, 0.25) is 0 Å². The fourth-order valence-electron chi connectivity index (χ4n) is 3.26. The van der Waals surface area contributed by atoms with Gasteiger partial charge >= 0.3 is 0 Å². The fourth-order valence-corrected chi connectivity index (χ4v) is 3.26. The number of hydrogen-bond acceptors (Lipinski definition) is 6. The number of nitrogens with zero attached hydrogens (tertiary/aromatic N) is 5. The Morgan fingerprint density at radius 1 is 1.21 bits per heavy atom. The molecule has 3 rings (SSSR count). The number of piperazine rings is 1. The number of aryl methyl sites for hydroxylation is 1. The number of carbonyl (C=O) groups excluding carboxylic acids is 2. The molecule has 1 fully saturated rings. The molecule has 0 bridgehead atoms. The number of halogens is 1. The maximum absolute atomic E-state index is 14.0. The number of ether oxygens (including phenoxy) is 1. The number of aromatic nitrogens is 1. The Morgan fingerprint density at radius 3 is 2.45 bits per heavy atom. The predicted molar refractivity (Wildman–Crippen MR) is 105 cm³/mol. The maximum atomic E-state index is 14.0. The molecule has 10 heteroatoms. The number of hydrogen-bond donors (Lipinski definition) is 0. The molecular weight excluding hydrogens is 381 g/mol. The van der Waals surface area contributed by atoms with Gasteiger partial charge in [-0.2, -0.15) is 4.99 Å². The summed E-state index contributed by atoms with van der Waals surface area (Å²) in [4.78, 5) is 48.0. The van der Waals surface area contributed by atoms with E-state index < -0.39 is 12.1 Å². The van der Waals surface area contributed by atoms with Crippen molar-refractivity contribution in [1.82, 2.24) is 14.4 Å². The SMILES string of the molecule is COc1cc(=O)n(C)cc1C(=O)N1CCN(C2=NC(=O)C(F)C(C(C)C)=N2)CC1. The molecule has 1 atom stereocenters. The molecule has 1 unspecified atom stereocenters. The molecule has 2 amide bonds. The first-order valence-electron chi connectivity index (χ1n) is 9.37. The molecule has 29 heavy (non-hydrogen) atoms. The molecule has 0 saturated carbocycles. The van der Waals surface area contributed by atoms with Gasteiger partial charge in [0.1, 0.15) is 5.75 Å². The van der Waals surface area contributed by atoms with Crippen LogP contribution in [0.25, 0.3) is 0 Å². The lowest BCUT2D eigenvalue weighted by atomic mass is 10.0. The molecule has 0 radical (unpaired) electrons. The third kappa shape index (κ3) is 4.06. The van der Waals surface area contributed by atoms with Gasteiger partial charge in [0.2, 0.25) is 12.1 Å². The van der Waals surface area contributed by atoms with Gasteiger partial charge in [-0.05, 0) is 5.92 Å². The summed E-state index contributed by atoms with van der Waals surface area (Å²) in [5.74, 6) is -0.886. The Morgan fingerprint density at radius 2 is 1.86 bits per heavy atom. The number of carbonyl (C=O) groups is 2. The highest BCUT2D eigenvalue weighted by Gasteiger charge is 2.33. The molecule has 156 valence electrons. The Kier molecular flexibility index (Phi) is 5.81. The van der Waals surface area contributed by atoms with Gasteiger partial charge in [-0.25, -0.2) is 9.38 Å². The quantitative estimate of drug-likeness (QED) is 0.729. The zero-order valence-electron chi connectivity index (χ0n) is 16.9. The van der Waals surface area contributed by atoms with Crippen molar-refractivity contribution >= 4 is 23.5 Å². The van der Waals surface area contributed by atoms with Crippen molar-refractivity contribution in [3.8, 4) is 5.75 Å². The largest absolute Gasteiger partial charge is 0.496 e. The molecule has 0 spiro atoms. The summed E-state index contributed by atoms with van der Waals surface area (Å²) in [5.41, 5.74) is 0.204. The summed E-state index contributed by atoms with van der Waals surface area (Å²) in [5, 5.41) is 0. The Bertz CT molecular complexity index is 944. The van der Waals surface area contributed by atoms with E-state index in [1.165, 1.54) is 23.9 Å². The molecule has 1 aromatic heterocycles. The minimum Gasteiger partial charge on any atom is -0.496 e. The van der Waals surface area contributed by atoms with Gasteiger partial charge in [0.05, 0.1) is 18.4 Å². The van der Waals surface area contributed by atoms with Crippen molar-refractivity contribution < 1.29 is 18.7 Å². The normalized spacial score (nSPS) is 19.9. The van der Waals surface area contributed by atoms with E-state index in [4.69, 9.17) is 4.74 Å². The minimum atomic E-state index is -1.79. The van der Waals surface area contributed by atoms with E-state index in [2.05, 4.69) is 9.98 Å². The second kappa shape index (κ2) is 8.14. The van der Waals surface area contributed by atoms with Crippen LogP contribution in [-0.4, -0.2) is 77.3 Å². The number of rotatable bonds is 3. The molecule has 0 aromatic carbocycles. The third-order valence-corrected chi connectivity index (χ3v) is 5.00. The molecule has 1 saturated heterocycles. The van der Waals surface area contributed by atoms with E-state index in [1.807, 2.05) is 0 Å². The average molecular weight is 405 g/mol. The smallest absolute Gasteiger partial charge is 0.289 e. The molecule has 0 N–H and O–H groups in total. The zero-order valence-corrected chi connectivity index (χ0v) is 16.9. The Labute approximate surface area is 167 Å². The van der Waals surface area contributed by atoms with Gasteiger partial charge in [-0.3, -0.25) is 14.4 Å². The maximum Gasteiger partial charge on any atom is 0.289 e. The van der Waals surface area contributed by atoms with Crippen molar-refractivity contribution in [1.29, 1.82) is 0 Å². The first kappa shape index (κ1) is 20.7. The molecular formula is C19H24FN5O4. The van der Waals surface area contributed by atoms with Crippen molar-refractivity contribution in [2.24, 2.45) is 23.0 Å². The van der Waals surface area contributed by atoms with Crippen molar-refractivity contribution in [2.45, 2.75) is 20.0 Å². The molecule has 0 aliphatic carbocycles. The second-order valence-corrected chi connectivity index (χ2v) is 7.29. The monoisotopic (exact) mass is 405 g/mol. The first-order chi connectivity index (χ1) is 13.7. The summed E-state index contributed by atoms with van der Waals surface area (Å²) < 4.78 is 20.5. The summed E-state index contributed by atoms with van der Waals surface area (Å²) in [6.45, 7) is 5.08. The van der Waals surface area contributed by atoms with Crippen molar-refractivity contribution in [3.63, 3.8) is 0 Å². The number of guanidine groups is 1. The zero-order chi connectivity index (χ0) is 21.3. The molecule has 9 nitrogen and oxygen atoms in total. The number of amides is 2. The summed E-state index contributed by atoms with van der Waals surface area (Å²) in [7, 11) is 2.97. The average Bonchev–Trinajstić information content (AvgIpc) is 2.71. The third-order valence-electron chi connectivity index (χ3n) is 5.00. The van der Waals surface area contributed by atoms with Gasteiger partial charge in [0.25, 0.3) is 17.4 Å². The van der Waals surface area contributed by atoms with E-state index in [9.17, 15) is 18.8 Å². The minimum absolute atomic E-state index is 0.174. The molecule has 2 aliphatic heterocycles. The van der Waals surface area contributed by atoms with Crippen LogP contribution in [0.15, 0.2) is 27.0 Å². The molecule has 2 aliphatic rings. The van der Waals surface area contributed by atoms with E-state index in [1.54, 1.807) is 30.7 Å². The summed E-state index contributed by atoms with van der Waals surface area (Å²) in [6, 6.07) is 1.28. The van der Waals surface area contributed by atoms with E-state index >= 15 is 0 Å². The fraction of sp³-hybridized carbons (Fsp3) is 0.526. The van der Waals surface area contributed by atoms with E-state index in [-0.39, 0.29) is 34.8 Å². The van der Waals surface area contributed by atoms with Crippen LogP contribution in [0.3, 0.4) is 0 Å². The molecule has 1 aromatic rings. The highest BCUT2D eigenvalue weighted by atomic mass is 19.1. The predicted octanol–water partition coefficient (Wildman–Crippen LogP) is 0.483. The van der Waals surface area contributed by atoms with E-state index in [0.717, 1.165) is 0 Å². The standard InChI is InChI=1S/C19H24FN5O4/c1-11(2)16-15(20)17(27)22-19(21-16)25-7-5-24(6-8-25)18(28)12-10-23(3)14(26)9-13(12)29-4/h9-11,15H,5-8H2,1-4H3. The Hall–Kier alpha value is -3.04. The van der Waals surface area contributed by atoms with Crippen molar-refractivity contribution in [3.05, 3.63) is 28.2 Å². The lowest BCUT2D eigenvalue weighted by Crippen LogP contribution is -2.51. The highest BCUT2D eigenvalue weighted by Crippen LogP contribution is 2.20. The molecule has 3 heterocycles. The summed E-state index contributed by atoms with van der Waals surface area (Å²) >= 11 is 0. The topological polar surface area (TPSA) is 96.6 Å². The van der Waals surface area contributed by atoms with Gasteiger partial charge in [0.15, 0.2) is 0 Å². The summed E-state index contributed by atoms with van der Waals surface area (Å²) in [6.07, 6.45) is -0.334. The van der Waals surface area contributed by atoms with Crippen LogP contribution in [0, 0.1) is 5.92 Å². The highest BCUT2D eigenvalue weighted by molar-refractivity contribution is 6.18. The number of methoxy groups -OCH3 is 1. The number of pyridine rings is 1. The van der Waals surface area contributed by atoms with Crippen LogP contribution < -0.4 is 10.3 Å². The first-order valence-corrected chi connectivity index (χ1v) is 9.37. The number of aliphatic imine (C=N–C) groups is 2. The van der Waals surface area contributed by atoms with Crippen LogP contribution in [0.1, 0.15) is 24.2 Å².